The molecule has 1 amide bonds. The minimum atomic E-state index is -0.385. The van der Waals surface area contributed by atoms with Gasteiger partial charge in [-0.2, -0.15) is 5.10 Å². The van der Waals surface area contributed by atoms with Crippen molar-refractivity contribution in [2.45, 2.75) is 6.61 Å². The van der Waals surface area contributed by atoms with Gasteiger partial charge in [-0.3, -0.25) is 4.79 Å². The van der Waals surface area contributed by atoms with Gasteiger partial charge in [-0.25, -0.2) is 9.82 Å². The lowest BCUT2D eigenvalue weighted by atomic mass is 10.2. The van der Waals surface area contributed by atoms with Crippen LogP contribution in [0, 0.1) is 5.82 Å². The predicted molar refractivity (Wildman–Crippen MR) is 113 cm³/mol. The largest absolute Gasteiger partial charge is 0.496 e. The summed E-state index contributed by atoms with van der Waals surface area (Å²) in [7, 11) is 1.50. The molecule has 7 heteroatoms. The van der Waals surface area contributed by atoms with E-state index in [4.69, 9.17) is 9.47 Å². The lowest BCUT2D eigenvalue weighted by Crippen LogP contribution is -2.18. The Morgan fingerprint density at radius 2 is 1.90 bits per heavy atom. The Bertz CT molecular complexity index is 1020. The van der Waals surface area contributed by atoms with Gasteiger partial charge in [0.05, 0.1) is 18.9 Å². The van der Waals surface area contributed by atoms with Gasteiger partial charge in [0.1, 0.15) is 23.9 Å². The summed E-state index contributed by atoms with van der Waals surface area (Å²) in [4.78, 5) is 12.3. The highest BCUT2D eigenvalue weighted by Crippen LogP contribution is 2.22. The van der Waals surface area contributed by atoms with E-state index in [0.29, 0.717) is 22.6 Å². The normalized spacial score (nSPS) is 10.7. The van der Waals surface area contributed by atoms with Gasteiger partial charge in [0, 0.05) is 10.0 Å². The van der Waals surface area contributed by atoms with Gasteiger partial charge < -0.3 is 9.47 Å². The summed E-state index contributed by atoms with van der Waals surface area (Å²) in [5.41, 5.74) is 4.10. The van der Waals surface area contributed by atoms with Crippen molar-refractivity contribution in [2.75, 3.05) is 7.11 Å². The molecule has 0 aliphatic rings. The van der Waals surface area contributed by atoms with Gasteiger partial charge >= 0.3 is 0 Å². The summed E-state index contributed by atoms with van der Waals surface area (Å²) in [5.74, 6) is 0.379. The number of carbonyl (C=O) groups excluding carboxylic acids is 1. The molecule has 29 heavy (non-hydrogen) atoms. The van der Waals surface area contributed by atoms with Crippen molar-refractivity contribution < 1.29 is 18.7 Å². The summed E-state index contributed by atoms with van der Waals surface area (Å²) in [5, 5.41) is 3.97. The number of methoxy groups -OCH3 is 1. The molecule has 5 nitrogen and oxygen atoms in total. The second kappa shape index (κ2) is 9.84. The summed E-state index contributed by atoms with van der Waals surface area (Å²) >= 11 is 3.33. The van der Waals surface area contributed by atoms with Crippen LogP contribution in [0.25, 0.3) is 0 Å². The maximum absolute atomic E-state index is 13.6. The van der Waals surface area contributed by atoms with Crippen molar-refractivity contribution in [2.24, 2.45) is 5.10 Å². The van der Waals surface area contributed by atoms with Crippen molar-refractivity contribution >= 4 is 28.1 Å². The van der Waals surface area contributed by atoms with Crippen LogP contribution in [0.3, 0.4) is 0 Å². The number of carbonyl (C=O) groups is 1. The molecule has 0 fully saturated rings. The number of hydrogen-bond acceptors (Lipinski definition) is 4. The summed E-state index contributed by atoms with van der Waals surface area (Å²) in [6, 6.07) is 18.7. The van der Waals surface area contributed by atoms with E-state index in [1.807, 2.05) is 0 Å². The zero-order valence-electron chi connectivity index (χ0n) is 15.6. The minimum Gasteiger partial charge on any atom is -0.496 e. The van der Waals surface area contributed by atoms with Gasteiger partial charge in [0.15, 0.2) is 0 Å². The number of hydrogen-bond donors (Lipinski definition) is 1. The highest BCUT2D eigenvalue weighted by atomic mass is 79.9. The quantitative estimate of drug-likeness (QED) is 0.404. The van der Waals surface area contributed by atoms with Crippen LogP contribution in [-0.4, -0.2) is 19.2 Å². The van der Waals surface area contributed by atoms with Crippen LogP contribution < -0.4 is 14.9 Å². The predicted octanol–water partition coefficient (Wildman–Crippen LogP) is 4.94. The van der Waals surface area contributed by atoms with E-state index in [0.717, 1.165) is 10.0 Å². The molecule has 3 aromatic carbocycles. The average Bonchev–Trinajstić information content (AvgIpc) is 2.74. The number of nitrogens with zero attached hydrogens (tertiary/aromatic N) is 1. The molecule has 3 rings (SSSR count). The summed E-state index contributed by atoms with van der Waals surface area (Å²) in [6.07, 6.45) is 1.52. The molecule has 0 unspecified atom stereocenters. The lowest BCUT2D eigenvalue weighted by Gasteiger charge is -2.08. The average molecular weight is 457 g/mol. The van der Waals surface area contributed by atoms with Gasteiger partial charge in [-0.05, 0) is 54.1 Å². The molecule has 0 heterocycles. The van der Waals surface area contributed by atoms with Crippen molar-refractivity contribution in [3.63, 3.8) is 0 Å². The molecule has 0 radical (unpaired) electrons. The molecule has 0 saturated carbocycles. The molecule has 0 atom stereocenters. The van der Waals surface area contributed by atoms with E-state index in [9.17, 15) is 9.18 Å². The molecular weight excluding hydrogens is 439 g/mol. The lowest BCUT2D eigenvalue weighted by molar-refractivity contribution is 0.0952. The smallest absolute Gasteiger partial charge is 0.275 e. The third-order valence-electron chi connectivity index (χ3n) is 4.02. The van der Waals surface area contributed by atoms with Gasteiger partial charge in [-0.15, -0.1) is 0 Å². The van der Waals surface area contributed by atoms with Crippen LogP contribution in [0.5, 0.6) is 11.5 Å². The third kappa shape index (κ3) is 5.65. The molecule has 0 aliphatic heterocycles. The zero-order chi connectivity index (χ0) is 20.6. The van der Waals surface area contributed by atoms with E-state index in [-0.39, 0.29) is 18.3 Å². The Morgan fingerprint density at radius 3 is 2.62 bits per heavy atom. The molecule has 0 aromatic heterocycles. The fraction of sp³-hybridized carbons (Fsp3) is 0.0909. The van der Waals surface area contributed by atoms with Crippen LogP contribution in [0.4, 0.5) is 4.39 Å². The molecule has 0 bridgehead atoms. The van der Waals surface area contributed by atoms with Crippen molar-refractivity contribution in [3.8, 4) is 11.5 Å². The highest BCUT2D eigenvalue weighted by Gasteiger charge is 2.12. The fourth-order valence-corrected chi connectivity index (χ4v) is 2.87. The van der Waals surface area contributed by atoms with E-state index < -0.39 is 0 Å². The van der Waals surface area contributed by atoms with E-state index in [1.54, 1.807) is 60.7 Å². The summed E-state index contributed by atoms with van der Waals surface area (Å²) < 4.78 is 25.2. The SMILES string of the molecule is COc1ccc(Br)cc1C(=O)N/N=C\c1ccc(OCc2ccccc2F)cc1. The number of halogens is 2. The van der Waals surface area contributed by atoms with E-state index in [1.165, 1.54) is 19.4 Å². The van der Waals surface area contributed by atoms with Crippen LogP contribution in [0.2, 0.25) is 0 Å². The fourth-order valence-electron chi connectivity index (χ4n) is 2.51. The first kappa shape index (κ1) is 20.5. The molecular formula is C22H18BrFN2O3. The van der Waals surface area contributed by atoms with Crippen LogP contribution in [0.15, 0.2) is 76.3 Å². The first-order valence-electron chi connectivity index (χ1n) is 8.70. The Labute approximate surface area is 176 Å². The molecule has 0 aliphatic carbocycles. The first-order chi connectivity index (χ1) is 14.1. The molecule has 0 spiro atoms. The van der Waals surface area contributed by atoms with Crippen molar-refractivity contribution in [3.05, 3.63) is 93.7 Å². The third-order valence-corrected chi connectivity index (χ3v) is 4.51. The molecule has 1 N–H and O–H groups in total. The van der Waals surface area contributed by atoms with Crippen molar-refractivity contribution in [1.29, 1.82) is 0 Å². The Hall–Kier alpha value is -3.19. The van der Waals surface area contributed by atoms with Crippen LogP contribution in [0.1, 0.15) is 21.5 Å². The van der Waals surface area contributed by atoms with Gasteiger partial charge in [0.25, 0.3) is 5.91 Å². The molecule has 0 saturated heterocycles. The number of nitrogens with one attached hydrogen (secondary N) is 1. The van der Waals surface area contributed by atoms with Crippen LogP contribution >= 0.6 is 15.9 Å². The topological polar surface area (TPSA) is 59.9 Å². The Balaban J connectivity index is 1.57. The van der Waals surface area contributed by atoms with Gasteiger partial charge in [0.2, 0.25) is 0 Å². The van der Waals surface area contributed by atoms with Crippen LogP contribution in [-0.2, 0) is 6.61 Å². The standard InChI is InChI=1S/C22H18BrFN2O3/c1-28-21-11-8-17(23)12-19(21)22(27)26-25-13-15-6-9-18(10-7-15)29-14-16-4-2-3-5-20(16)24/h2-13H,14H2,1H3,(H,26,27)/b25-13-. The number of benzene rings is 3. The maximum atomic E-state index is 13.6. The number of hydrazone groups is 1. The van der Waals surface area contributed by atoms with Gasteiger partial charge in [-0.1, -0.05) is 34.1 Å². The first-order valence-corrected chi connectivity index (χ1v) is 9.49. The zero-order valence-corrected chi connectivity index (χ0v) is 17.1. The van der Waals surface area contributed by atoms with E-state index in [2.05, 4.69) is 26.5 Å². The minimum absolute atomic E-state index is 0.143. The number of ether oxygens (including phenoxy) is 2. The Kier molecular flexibility index (Phi) is 6.97. The number of amides is 1. The van der Waals surface area contributed by atoms with E-state index >= 15 is 0 Å². The highest BCUT2D eigenvalue weighted by molar-refractivity contribution is 9.10. The number of rotatable bonds is 7. The van der Waals surface area contributed by atoms with Crippen molar-refractivity contribution in [1.82, 2.24) is 5.43 Å². The summed E-state index contributed by atoms with van der Waals surface area (Å²) in [6.45, 7) is 0.143. The second-order valence-electron chi connectivity index (χ2n) is 5.99. The Morgan fingerprint density at radius 1 is 1.14 bits per heavy atom. The monoisotopic (exact) mass is 456 g/mol. The second-order valence-corrected chi connectivity index (χ2v) is 6.91. The maximum Gasteiger partial charge on any atom is 0.275 e. The molecule has 3 aromatic rings. The molecule has 148 valence electrons.